The minimum atomic E-state index is 0.599. The van der Waals surface area contributed by atoms with Crippen molar-refractivity contribution in [3.63, 3.8) is 0 Å². The van der Waals surface area contributed by atoms with Crippen LogP contribution in [0.1, 0.15) is 0 Å². The minimum Gasteiger partial charge on any atom is -0.247 e. The predicted molar refractivity (Wildman–Crippen MR) is 261 cm³/mol. The molecular formula is C58H36N6. The molecule has 0 saturated carbocycles. The molecule has 298 valence electrons. The van der Waals surface area contributed by atoms with Crippen molar-refractivity contribution in [3.05, 3.63) is 218 Å². The van der Waals surface area contributed by atoms with Gasteiger partial charge in [-0.25, -0.2) is 29.9 Å². The Labute approximate surface area is 369 Å². The smallest absolute Gasteiger partial charge is 0.164 e. The van der Waals surface area contributed by atoms with Gasteiger partial charge in [-0.2, -0.15) is 0 Å². The van der Waals surface area contributed by atoms with Crippen LogP contribution in [-0.4, -0.2) is 29.9 Å². The summed E-state index contributed by atoms with van der Waals surface area (Å²) < 4.78 is 0. The maximum Gasteiger partial charge on any atom is 0.164 e. The number of hydrogen-bond donors (Lipinski definition) is 0. The molecule has 0 amide bonds. The van der Waals surface area contributed by atoms with Gasteiger partial charge in [0.1, 0.15) is 0 Å². The summed E-state index contributed by atoms with van der Waals surface area (Å²) in [6.45, 7) is 0. The first-order valence-corrected chi connectivity index (χ1v) is 21.4. The van der Waals surface area contributed by atoms with E-state index in [2.05, 4.69) is 146 Å². The van der Waals surface area contributed by atoms with E-state index in [-0.39, 0.29) is 0 Å². The van der Waals surface area contributed by atoms with Crippen LogP contribution in [0.15, 0.2) is 218 Å². The summed E-state index contributed by atoms with van der Waals surface area (Å²) in [5, 5.41) is 5.32. The van der Waals surface area contributed by atoms with Crippen LogP contribution in [0.25, 0.3) is 123 Å². The van der Waals surface area contributed by atoms with Crippen LogP contribution >= 0.6 is 0 Å². The third-order valence-corrected chi connectivity index (χ3v) is 11.9. The van der Waals surface area contributed by atoms with Crippen molar-refractivity contribution < 1.29 is 0 Å². The van der Waals surface area contributed by atoms with E-state index in [0.29, 0.717) is 17.5 Å². The Morgan fingerprint density at radius 2 is 0.703 bits per heavy atom. The van der Waals surface area contributed by atoms with Gasteiger partial charge < -0.3 is 0 Å². The van der Waals surface area contributed by atoms with Crippen LogP contribution in [0.2, 0.25) is 0 Å². The Hall–Kier alpha value is -8.74. The zero-order valence-corrected chi connectivity index (χ0v) is 34.5. The molecule has 6 heteroatoms. The normalized spacial score (nSPS) is 11.4. The van der Waals surface area contributed by atoms with Gasteiger partial charge in [0.15, 0.2) is 17.5 Å². The van der Waals surface area contributed by atoms with E-state index in [1.54, 1.807) is 0 Å². The first-order chi connectivity index (χ1) is 31.7. The predicted octanol–water partition coefficient (Wildman–Crippen LogP) is 14.3. The largest absolute Gasteiger partial charge is 0.247 e. The van der Waals surface area contributed by atoms with Gasteiger partial charge in [0, 0.05) is 49.5 Å². The number of para-hydroxylation sites is 1. The van der Waals surface area contributed by atoms with Gasteiger partial charge in [-0.15, -0.1) is 0 Å². The van der Waals surface area contributed by atoms with E-state index in [9.17, 15) is 0 Å². The number of rotatable bonds is 7. The molecule has 0 spiro atoms. The number of hydrogen-bond acceptors (Lipinski definition) is 6. The van der Waals surface area contributed by atoms with E-state index in [1.165, 1.54) is 0 Å². The van der Waals surface area contributed by atoms with Gasteiger partial charge in [0.25, 0.3) is 0 Å². The monoisotopic (exact) mass is 816 g/mol. The molecule has 9 aromatic carbocycles. The second-order valence-electron chi connectivity index (χ2n) is 15.8. The number of aromatic nitrogens is 6. The van der Waals surface area contributed by atoms with Crippen molar-refractivity contribution in [2.45, 2.75) is 0 Å². The van der Waals surface area contributed by atoms with E-state index in [1.807, 2.05) is 72.8 Å². The summed E-state index contributed by atoms with van der Waals surface area (Å²) in [4.78, 5) is 31.7. The summed E-state index contributed by atoms with van der Waals surface area (Å²) in [5.41, 5.74) is 12.8. The van der Waals surface area contributed by atoms with E-state index >= 15 is 0 Å². The Bertz CT molecular complexity index is 3630. The van der Waals surface area contributed by atoms with Gasteiger partial charge in [-0.1, -0.05) is 206 Å². The minimum absolute atomic E-state index is 0.599. The molecule has 0 atom stereocenters. The van der Waals surface area contributed by atoms with Crippen molar-refractivity contribution in [1.82, 2.24) is 29.9 Å². The number of benzene rings is 9. The van der Waals surface area contributed by atoms with Gasteiger partial charge >= 0.3 is 0 Å². The topological polar surface area (TPSA) is 77.3 Å². The fourth-order valence-electron chi connectivity index (χ4n) is 8.85. The van der Waals surface area contributed by atoms with Gasteiger partial charge in [0.2, 0.25) is 0 Å². The van der Waals surface area contributed by atoms with Crippen LogP contribution < -0.4 is 0 Å². The van der Waals surface area contributed by atoms with Crippen molar-refractivity contribution in [3.8, 4) is 79.1 Å². The van der Waals surface area contributed by atoms with Crippen molar-refractivity contribution in [2.75, 3.05) is 0 Å². The molecule has 0 N–H and O–H groups in total. The molecule has 3 aromatic heterocycles. The van der Waals surface area contributed by atoms with Crippen molar-refractivity contribution in [2.24, 2.45) is 0 Å². The highest BCUT2D eigenvalue weighted by atomic mass is 15.0. The lowest BCUT2D eigenvalue weighted by molar-refractivity contribution is 1.07. The molecule has 6 nitrogen and oxygen atoms in total. The van der Waals surface area contributed by atoms with Crippen LogP contribution in [0.4, 0.5) is 0 Å². The van der Waals surface area contributed by atoms with Crippen molar-refractivity contribution >= 4 is 43.5 Å². The lowest BCUT2D eigenvalue weighted by atomic mass is 9.90. The number of fused-ring (bicyclic) bond motifs is 6. The fourth-order valence-corrected chi connectivity index (χ4v) is 8.85. The third kappa shape index (κ3) is 6.53. The molecule has 3 heterocycles. The molecule has 0 radical (unpaired) electrons. The molecule has 0 aliphatic rings. The Balaban J connectivity index is 1.15. The first kappa shape index (κ1) is 37.1. The van der Waals surface area contributed by atoms with E-state index < -0.39 is 0 Å². The zero-order chi connectivity index (χ0) is 42.4. The fraction of sp³-hybridized carbons (Fsp3) is 0. The average Bonchev–Trinajstić information content (AvgIpc) is 3.38. The molecular weight excluding hydrogens is 781 g/mol. The van der Waals surface area contributed by atoms with Crippen LogP contribution in [0.3, 0.4) is 0 Å². The second-order valence-corrected chi connectivity index (χ2v) is 15.8. The lowest BCUT2D eigenvalue weighted by Gasteiger charge is -2.19. The summed E-state index contributed by atoms with van der Waals surface area (Å²) >= 11 is 0. The average molecular weight is 817 g/mol. The highest BCUT2D eigenvalue weighted by molar-refractivity contribution is 6.26. The SMILES string of the molecule is c1ccc(-c2nc(-c3ccccc3)nc(-c3ccc(-c4cc5nc(-c6ccccc6)c(-c6ccccc6)nc5c5c(-c6cccc7ccccc67)nc6ccccc6c45)cc3)n2)cc1. The molecule has 64 heavy (non-hydrogen) atoms. The van der Waals surface area contributed by atoms with Crippen LogP contribution in [-0.2, 0) is 0 Å². The Morgan fingerprint density at radius 1 is 0.250 bits per heavy atom. The highest BCUT2D eigenvalue weighted by Crippen LogP contribution is 2.45. The molecule has 12 rings (SSSR count). The summed E-state index contributed by atoms with van der Waals surface area (Å²) in [6.07, 6.45) is 0. The van der Waals surface area contributed by atoms with Crippen LogP contribution in [0.5, 0.6) is 0 Å². The Kier molecular flexibility index (Phi) is 9.05. The van der Waals surface area contributed by atoms with E-state index in [0.717, 1.165) is 105 Å². The standard InChI is InChI=1S/C58H36N6/c1-5-19-39(20-6-1)52-53(40-21-7-2-8-22-40)61-55-49(60-52)36-47(50-46-29-15-16-31-48(46)59-54(51(50)55)45-30-17-27-37-18-13-14-28-44(37)45)38-32-34-43(35-33-38)58-63-56(41-23-9-3-10-24-41)62-57(64-58)42-25-11-4-12-26-42/h1-36H. The van der Waals surface area contributed by atoms with Gasteiger partial charge in [0.05, 0.1) is 33.6 Å². The summed E-state index contributed by atoms with van der Waals surface area (Å²) in [7, 11) is 0. The van der Waals surface area contributed by atoms with E-state index in [4.69, 9.17) is 29.9 Å². The van der Waals surface area contributed by atoms with Gasteiger partial charge in [-0.3, -0.25) is 0 Å². The lowest BCUT2D eigenvalue weighted by Crippen LogP contribution is -2.00. The van der Waals surface area contributed by atoms with Crippen molar-refractivity contribution in [1.29, 1.82) is 0 Å². The Morgan fingerprint density at radius 3 is 1.31 bits per heavy atom. The third-order valence-electron chi connectivity index (χ3n) is 11.9. The highest BCUT2D eigenvalue weighted by Gasteiger charge is 2.23. The molecule has 0 bridgehead atoms. The molecule has 0 unspecified atom stereocenters. The maximum atomic E-state index is 5.65. The summed E-state index contributed by atoms with van der Waals surface area (Å²) in [6, 6.07) is 75.0. The molecule has 12 aromatic rings. The molecule has 0 saturated heterocycles. The molecule has 0 fully saturated rings. The first-order valence-electron chi connectivity index (χ1n) is 21.4. The zero-order valence-electron chi connectivity index (χ0n) is 34.5. The quantitative estimate of drug-likeness (QED) is 0.149. The van der Waals surface area contributed by atoms with Crippen LogP contribution in [0, 0.1) is 0 Å². The number of pyridine rings is 1. The molecule has 0 aliphatic carbocycles. The second kappa shape index (κ2) is 15.6. The molecule has 0 aliphatic heterocycles. The maximum absolute atomic E-state index is 5.65. The number of nitrogens with zero attached hydrogens (tertiary/aromatic N) is 6. The summed E-state index contributed by atoms with van der Waals surface area (Å²) in [5.74, 6) is 1.84. The van der Waals surface area contributed by atoms with Gasteiger partial charge in [-0.05, 0) is 34.0 Å².